The van der Waals surface area contributed by atoms with E-state index in [1.165, 1.54) is 5.39 Å². The highest BCUT2D eigenvalue weighted by Gasteiger charge is 2.41. The molecule has 0 aliphatic heterocycles. The molecule has 2 aromatic rings. The van der Waals surface area contributed by atoms with Gasteiger partial charge in [-0.25, -0.2) is 0 Å². The first-order valence-electron chi connectivity index (χ1n) is 8.68. The van der Waals surface area contributed by atoms with Gasteiger partial charge in [0, 0.05) is 16.6 Å². The van der Waals surface area contributed by atoms with Gasteiger partial charge in [0.1, 0.15) is 8.07 Å². The molecule has 0 amide bonds. The predicted octanol–water partition coefficient (Wildman–Crippen LogP) is 6.11. The summed E-state index contributed by atoms with van der Waals surface area (Å²) in [5.74, 6) is 3.52. The lowest BCUT2D eigenvalue weighted by Crippen LogP contribution is -2.43. The zero-order valence-corrected chi connectivity index (χ0v) is 16.6. The highest BCUT2D eigenvalue weighted by atomic mass is 28.3. The number of fused-ring (bicyclic) bond motifs is 1. The van der Waals surface area contributed by atoms with Crippen LogP contribution in [0.4, 0.5) is 0 Å². The molecule has 1 aromatic heterocycles. The Labute approximate surface area is 142 Å². The largest absolute Gasteiger partial charge is 0.253 e. The van der Waals surface area contributed by atoms with Crippen molar-refractivity contribution in [2.75, 3.05) is 0 Å². The fraction of sp³-hybridized carbons (Fsp3) is 0.476. The van der Waals surface area contributed by atoms with Crippen LogP contribution in [0.5, 0.6) is 0 Å². The van der Waals surface area contributed by atoms with Gasteiger partial charge in [-0.05, 0) is 47.8 Å². The quantitative estimate of drug-likeness (QED) is 0.490. The Kier molecular flexibility index (Phi) is 5.32. The van der Waals surface area contributed by atoms with Crippen molar-refractivity contribution in [2.45, 2.75) is 65.1 Å². The van der Waals surface area contributed by atoms with Crippen LogP contribution in [-0.4, -0.2) is 13.1 Å². The zero-order valence-electron chi connectivity index (χ0n) is 15.6. The summed E-state index contributed by atoms with van der Waals surface area (Å²) in [6.07, 6.45) is 0. The third-order valence-corrected chi connectivity index (χ3v) is 11.4. The van der Waals surface area contributed by atoms with Crippen molar-refractivity contribution in [3.8, 4) is 11.5 Å². The van der Waals surface area contributed by atoms with Gasteiger partial charge >= 0.3 is 0 Å². The van der Waals surface area contributed by atoms with Gasteiger partial charge in [-0.1, -0.05) is 53.5 Å². The highest BCUT2D eigenvalue weighted by Crippen LogP contribution is 2.40. The monoisotopic (exact) mass is 323 g/mol. The first-order valence-corrected chi connectivity index (χ1v) is 10.9. The molecule has 0 N–H and O–H groups in total. The van der Waals surface area contributed by atoms with E-state index in [2.05, 4.69) is 88.3 Å². The number of nitrogens with zero attached hydrogens (tertiary/aromatic N) is 1. The molecule has 1 aromatic carbocycles. The average Bonchev–Trinajstić information content (AvgIpc) is 2.46. The maximum atomic E-state index is 4.57. The summed E-state index contributed by atoms with van der Waals surface area (Å²) in [6.45, 7) is 16.2. The van der Waals surface area contributed by atoms with Crippen molar-refractivity contribution in [2.24, 2.45) is 0 Å². The summed E-state index contributed by atoms with van der Waals surface area (Å²) < 4.78 is 0. The highest BCUT2D eigenvalue weighted by molar-refractivity contribution is 6.90. The zero-order chi connectivity index (χ0) is 17.2. The molecule has 122 valence electrons. The van der Waals surface area contributed by atoms with Crippen molar-refractivity contribution in [3.05, 3.63) is 41.6 Å². The Morgan fingerprint density at radius 3 is 2.04 bits per heavy atom. The van der Waals surface area contributed by atoms with Crippen molar-refractivity contribution in [1.29, 1.82) is 0 Å². The van der Waals surface area contributed by atoms with Crippen molar-refractivity contribution in [1.82, 2.24) is 4.98 Å². The van der Waals surface area contributed by atoms with Crippen LogP contribution in [0.1, 0.15) is 52.8 Å². The molecule has 0 aliphatic carbocycles. The minimum atomic E-state index is -1.66. The number of hydrogen-bond acceptors (Lipinski definition) is 1. The fourth-order valence-corrected chi connectivity index (χ4v) is 9.15. The van der Waals surface area contributed by atoms with E-state index in [-0.39, 0.29) is 0 Å². The van der Waals surface area contributed by atoms with Crippen molar-refractivity contribution >= 4 is 19.0 Å². The standard InChI is InChI=1S/C21H29NSi/c1-15(2)23(16(3)4,17(5)6)13-12-19-9-11-21-20(14-19)10-8-18(7)22-21/h8-11,14-17H,1-7H3. The van der Waals surface area contributed by atoms with Gasteiger partial charge in [-0.3, -0.25) is 4.98 Å². The van der Waals surface area contributed by atoms with Crippen LogP contribution >= 0.6 is 0 Å². The number of benzene rings is 1. The molecule has 2 heteroatoms. The van der Waals surface area contributed by atoms with E-state index in [4.69, 9.17) is 0 Å². The minimum absolute atomic E-state index is 0.666. The average molecular weight is 324 g/mol. The summed E-state index contributed by atoms with van der Waals surface area (Å²) in [7, 11) is -1.66. The molecule has 0 spiro atoms. The van der Waals surface area contributed by atoms with Gasteiger partial charge in [0.25, 0.3) is 0 Å². The lowest BCUT2D eigenvalue weighted by Gasteiger charge is -2.38. The summed E-state index contributed by atoms with van der Waals surface area (Å²) in [6, 6.07) is 10.6. The number of aryl methyl sites for hydroxylation is 1. The summed E-state index contributed by atoms with van der Waals surface area (Å²) >= 11 is 0. The lowest BCUT2D eigenvalue weighted by molar-refractivity contribution is 0.838. The second kappa shape index (κ2) is 6.89. The van der Waals surface area contributed by atoms with Crippen LogP contribution in [0.25, 0.3) is 10.9 Å². The van der Waals surface area contributed by atoms with E-state index in [9.17, 15) is 0 Å². The number of pyridine rings is 1. The van der Waals surface area contributed by atoms with E-state index < -0.39 is 8.07 Å². The molecule has 1 heterocycles. The Morgan fingerprint density at radius 1 is 0.870 bits per heavy atom. The molecule has 0 fully saturated rings. The van der Waals surface area contributed by atoms with E-state index >= 15 is 0 Å². The normalized spacial score (nSPS) is 12.1. The SMILES string of the molecule is Cc1ccc2cc(C#C[Si](C(C)C)(C(C)C)C(C)C)ccc2n1. The molecular weight excluding hydrogens is 294 g/mol. The molecule has 0 bridgehead atoms. The topological polar surface area (TPSA) is 12.9 Å². The molecule has 23 heavy (non-hydrogen) atoms. The maximum Gasteiger partial charge on any atom is 0.146 e. The van der Waals surface area contributed by atoms with Crippen LogP contribution in [0.3, 0.4) is 0 Å². The van der Waals surface area contributed by atoms with Crippen LogP contribution in [0, 0.1) is 18.4 Å². The molecule has 0 unspecified atom stereocenters. The van der Waals surface area contributed by atoms with Crippen LogP contribution in [0.15, 0.2) is 30.3 Å². The first kappa shape index (κ1) is 17.8. The van der Waals surface area contributed by atoms with Crippen LogP contribution < -0.4 is 0 Å². The van der Waals surface area contributed by atoms with E-state index in [0.29, 0.717) is 16.6 Å². The van der Waals surface area contributed by atoms with Crippen LogP contribution in [-0.2, 0) is 0 Å². The van der Waals surface area contributed by atoms with E-state index in [0.717, 1.165) is 16.8 Å². The molecular formula is C21H29NSi. The minimum Gasteiger partial charge on any atom is -0.253 e. The number of hydrogen-bond donors (Lipinski definition) is 0. The second-order valence-electron chi connectivity index (χ2n) is 7.51. The number of rotatable bonds is 3. The van der Waals surface area contributed by atoms with Gasteiger partial charge in [0.15, 0.2) is 0 Å². The fourth-order valence-electron chi connectivity index (χ4n) is 3.92. The van der Waals surface area contributed by atoms with Crippen LogP contribution in [0.2, 0.25) is 16.6 Å². The molecule has 0 saturated heterocycles. The third kappa shape index (κ3) is 3.51. The van der Waals surface area contributed by atoms with E-state index in [1.807, 2.05) is 6.92 Å². The van der Waals surface area contributed by atoms with Gasteiger partial charge in [0.2, 0.25) is 0 Å². The second-order valence-corrected chi connectivity index (χ2v) is 13.1. The molecule has 0 saturated carbocycles. The molecule has 0 atom stereocenters. The van der Waals surface area contributed by atoms with Gasteiger partial charge in [-0.15, -0.1) is 5.54 Å². The van der Waals surface area contributed by atoms with Gasteiger partial charge < -0.3 is 0 Å². The van der Waals surface area contributed by atoms with Crippen molar-refractivity contribution < 1.29 is 0 Å². The Morgan fingerprint density at radius 2 is 1.48 bits per heavy atom. The Hall–Kier alpha value is -1.59. The number of aromatic nitrogens is 1. The summed E-state index contributed by atoms with van der Waals surface area (Å²) in [5, 5.41) is 1.17. The van der Waals surface area contributed by atoms with Crippen molar-refractivity contribution in [3.63, 3.8) is 0 Å². The summed E-state index contributed by atoms with van der Waals surface area (Å²) in [5.41, 5.74) is 9.01. The third-order valence-electron chi connectivity index (χ3n) is 5.12. The Balaban J connectivity index is 2.48. The Bertz CT molecular complexity index is 725. The predicted molar refractivity (Wildman–Crippen MR) is 104 cm³/mol. The molecule has 1 nitrogen and oxygen atoms in total. The first-order chi connectivity index (χ1) is 10.8. The molecule has 2 rings (SSSR count). The van der Waals surface area contributed by atoms with Gasteiger partial charge in [-0.2, -0.15) is 0 Å². The molecule has 0 aliphatic rings. The maximum absolute atomic E-state index is 4.57. The smallest absolute Gasteiger partial charge is 0.146 e. The van der Waals surface area contributed by atoms with E-state index in [1.54, 1.807) is 0 Å². The lowest BCUT2D eigenvalue weighted by atomic mass is 10.1. The van der Waals surface area contributed by atoms with Gasteiger partial charge in [0.05, 0.1) is 5.52 Å². The molecule has 0 radical (unpaired) electrons. The summed E-state index contributed by atoms with van der Waals surface area (Å²) in [4.78, 5) is 4.57.